The molecule has 1 saturated heterocycles. The van der Waals surface area contributed by atoms with E-state index in [1.807, 2.05) is 0 Å². The normalized spacial score (nSPS) is 20.1. The summed E-state index contributed by atoms with van der Waals surface area (Å²) in [5.74, 6) is 0.249. The van der Waals surface area contributed by atoms with Crippen LogP contribution in [0.3, 0.4) is 0 Å². The van der Waals surface area contributed by atoms with Gasteiger partial charge in [0.15, 0.2) is 0 Å². The van der Waals surface area contributed by atoms with Crippen molar-refractivity contribution in [2.45, 2.75) is 18.9 Å². The minimum atomic E-state index is -0.496. The van der Waals surface area contributed by atoms with E-state index in [1.54, 1.807) is 18.5 Å². The lowest BCUT2D eigenvalue weighted by molar-refractivity contribution is 0.00719. The second kappa shape index (κ2) is 4.92. The van der Waals surface area contributed by atoms with Crippen molar-refractivity contribution in [3.8, 4) is 0 Å². The van der Waals surface area contributed by atoms with Crippen LogP contribution in [-0.2, 0) is 4.74 Å². The highest BCUT2D eigenvalue weighted by Crippen LogP contribution is 2.32. The van der Waals surface area contributed by atoms with Crippen molar-refractivity contribution in [3.63, 3.8) is 0 Å². The minimum Gasteiger partial charge on any atom is -0.388 e. The number of nitrogens with zero attached hydrogens (tertiary/aromatic N) is 1. The fourth-order valence-corrected chi connectivity index (χ4v) is 2.14. The van der Waals surface area contributed by atoms with Crippen molar-refractivity contribution in [2.24, 2.45) is 5.92 Å². The van der Waals surface area contributed by atoms with Crippen molar-refractivity contribution < 1.29 is 9.84 Å². The number of ether oxygens (including phenoxy) is 1. The van der Waals surface area contributed by atoms with Gasteiger partial charge in [0.25, 0.3) is 0 Å². The molecule has 2 rings (SSSR count). The zero-order chi connectivity index (χ0) is 10.7. The Morgan fingerprint density at radius 3 is 2.87 bits per heavy atom. The SMILES string of the molecule is OC(c1ccncc1Cl)C1CCOCC1. The number of hydrogen-bond acceptors (Lipinski definition) is 3. The topological polar surface area (TPSA) is 42.4 Å². The third kappa shape index (κ3) is 2.48. The van der Waals surface area contributed by atoms with Crippen LogP contribution in [0.5, 0.6) is 0 Å². The monoisotopic (exact) mass is 227 g/mol. The van der Waals surface area contributed by atoms with Gasteiger partial charge in [0.1, 0.15) is 0 Å². The summed E-state index contributed by atoms with van der Waals surface area (Å²) in [5, 5.41) is 10.7. The lowest BCUT2D eigenvalue weighted by atomic mass is 9.90. The molecule has 3 nitrogen and oxygen atoms in total. The van der Waals surface area contributed by atoms with Gasteiger partial charge in [0.2, 0.25) is 0 Å². The van der Waals surface area contributed by atoms with Gasteiger partial charge in [0.05, 0.1) is 11.1 Å². The average Bonchev–Trinajstić information content (AvgIpc) is 2.30. The van der Waals surface area contributed by atoms with E-state index < -0.39 is 6.10 Å². The Morgan fingerprint density at radius 1 is 1.47 bits per heavy atom. The van der Waals surface area contributed by atoms with Gasteiger partial charge < -0.3 is 9.84 Å². The average molecular weight is 228 g/mol. The van der Waals surface area contributed by atoms with E-state index in [0.29, 0.717) is 5.02 Å². The van der Waals surface area contributed by atoms with Gasteiger partial charge in [-0.3, -0.25) is 4.98 Å². The molecule has 2 heterocycles. The van der Waals surface area contributed by atoms with E-state index in [0.717, 1.165) is 31.6 Å². The lowest BCUT2D eigenvalue weighted by Crippen LogP contribution is -2.22. The molecule has 1 N–H and O–H groups in total. The van der Waals surface area contributed by atoms with Crippen LogP contribution in [0.25, 0.3) is 0 Å². The summed E-state index contributed by atoms with van der Waals surface area (Å²) in [6, 6.07) is 1.78. The molecule has 15 heavy (non-hydrogen) atoms. The Morgan fingerprint density at radius 2 is 2.20 bits per heavy atom. The van der Waals surface area contributed by atoms with Gasteiger partial charge in [-0.15, -0.1) is 0 Å². The summed E-state index contributed by atoms with van der Waals surface area (Å²) in [4.78, 5) is 3.90. The van der Waals surface area contributed by atoms with Crippen molar-refractivity contribution in [3.05, 3.63) is 29.0 Å². The molecule has 1 unspecified atom stereocenters. The number of rotatable bonds is 2. The van der Waals surface area contributed by atoms with Gasteiger partial charge in [-0.05, 0) is 24.8 Å². The molecule has 1 aromatic rings. The molecule has 4 heteroatoms. The summed E-state index contributed by atoms with van der Waals surface area (Å²) in [7, 11) is 0. The van der Waals surface area contributed by atoms with E-state index in [-0.39, 0.29) is 5.92 Å². The summed E-state index contributed by atoms with van der Waals surface area (Å²) in [6.45, 7) is 1.45. The Kier molecular flexibility index (Phi) is 3.57. The fraction of sp³-hybridized carbons (Fsp3) is 0.545. The number of hydrogen-bond donors (Lipinski definition) is 1. The van der Waals surface area contributed by atoms with Crippen LogP contribution in [0.15, 0.2) is 18.5 Å². The molecule has 1 aromatic heterocycles. The molecule has 0 bridgehead atoms. The molecule has 0 saturated carbocycles. The van der Waals surface area contributed by atoms with E-state index in [9.17, 15) is 5.11 Å². The van der Waals surface area contributed by atoms with Crippen molar-refractivity contribution in [2.75, 3.05) is 13.2 Å². The summed E-state index contributed by atoms with van der Waals surface area (Å²) in [5.41, 5.74) is 0.776. The predicted octanol–water partition coefficient (Wildman–Crippen LogP) is 2.20. The number of aliphatic hydroxyl groups excluding tert-OH is 1. The summed E-state index contributed by atoms with van der Waals surface area (Å²) >= 11 is 5.98. The maximum atomic E-state index is 10.2. The van der Waals surface area contributed by atoms with E-state index in [1.165, 1.54) is 0 Å². The molecule has 1 atom stereocenters. The van der Waals surface area contributed by atoms with Crippen LogP contribution in [0, 0.1) is 5.92 Å². The Labute approximate surface area is 94.0 Å². The van der Waals surface area contributed by atoms with Crippen LogP contribution in [0.2, 0.25) is 5.02 Å². The van der Waals surface area contributed by atoms with Crippen LogP contribution >= 0.6 is 11.6 Å². The zero-order valence-corrected chi connectivity index (χ0v) is 9.15. The zero-order valence-electron chi connectivity index (χ0n) is 8.40. The number of halogens is 1. The third-order valence-corrected chi connectivity index (χ3v) is 3.15. The third-order valence-electron chi connectivity index (χ3n) is 2.83. The molecule has 0 amide bonds. The Bertz CT molecular complexity index is 326. The number of pyridine rings is 1. The quantitative estimate of drug-likeness (QED) is 0.842. The molecule has 0 spiro atoms. The van der Waals surface area contributed by atoms with Crippen LogP contribution in [0.4, 0.5) is 0 Å². The summed E-state index contributed by atoms with van der Waals surface area (Å²) < 4.78 is 5.26. The van der Waals surface area contributed by atoms with E-state index in [2.05, 4.69) is 4.98 Å². The first-order valence-electron chi connectivity index (χ1n) is 5.14. The maximum Gasteiger partial charge on any atom is 0.0835 e. The van der Waals surface area contributed by atoms with Gasteiger partial charge in [-0.25, -0.2) is 0 Å². The largest absolute Gasteiger partial charge is 0.388 e. The molecule has 1 fully saturated rings. The first-order valence-corrected chi connectivity index (χ1v) is 5.52. The highest BCUT2D eigenvalue weighted by Gasteiger charge is 2.24. The van der Waals surface area contributed by atoms with Crippen LogP contribution in [0.1, 0.15) is 24.5 Å². The minimum absolute atomic E-state index is 0.249. The summed E-state index contributed by atoms with van der Waals surface area (Å²) in [6.07, 6.45) is 4.51. The van der Waals surface area contributed by atoms with Gasteiger partial charge in [-0.2, -0.15) is 0 Å². The molecule has 0 radical (unpaired) electrons. The van der Waals surface area contributed by atoms with Crippen molar-refractivity contribution in [1.82, 2.24) is 4.98 Å². The van der Waals surface area contributed by atoms with E-state index in [4.69, 9.17) is 16.3 Å². The highest BCUT2D eigenvalue weighted by atomic mass is 35.5. The fourth-order valence-electron chi connectivity index (χ4n) is 1.91. The molecule has 82 valence electrons. The van der Waals surface area contributed by atoms with Crippen molar-refractivity contribution >= 4 is 11.6 Å². The maximum absolute atomic E-state index is 10.2. The predicted molar refractivity (Wildman–Crippen MR) is 57.7 cm³/mol. The second-order valence-corrected chi connectivity index (χ2v) is 4.20. The Balaban J connectivity index is 2.12. The molecule has 1 aliphatic heterocycles. The standard InChI is InChI=1S/C11H14ClNO2/c12-10-7-13-4-1-9(10)11(14)8-2-5-15-6-3-8/h1,4,7-8,11,14H,2-3,5-6H2. The molecule has 1 aliphatic rings. The lowest BCUT2D eigenvalue weighted by Gasteiger charge is -2.27. The van der Waals surface area contributed by atoms with E-state index >= 15 is 0 Å². The number of aromatic nitrogens is 1. The first kappa shape index (κ1) is 10.9. The van der Waals surface area contributed by atoms with Gasteiger partial charge in [-0.1, -0.05) is 11.6 Å². The molecule has 0 aliphatic carbocycles. The molecular weight excluding hydrogens is 214 g/mol. The van der Waals surface area contributed by atoms with Crippen LogP contribution in [-0.4, -0.2) is 23.3 Å². The number of aliphatic hydroxyl groups is 1. The molecular formula is C11H14ClNO2. The van der Waals surface area contributed by atoms with Gasteiger partial charge in [0, 0.05) is 31.2 Å². The van der Waals surface area contributed by atoms with Crippen LogP contribution < -0.4 is 0 Å². The Hall–Kier alpha value is -0.640. The highest BCUT2D eigenvalue weighted by molar-refractivity contribution is 6.31. The van der Waals surface area contributed by atoms with Gasteiger partial charge >= 0.3 is 0 Å². The van der Waals surface area contributed by atoms with Crippen molar-refractivity contribution in [1.29, 1.82) is 0 Å². The second-order valence-electron chi connectivity index (χ2n) is 3.79. The molecule has 0 aromatic carbocycles. The first-order chi connectivity index (χ1) is 7.29. The smallest absolute Gasteiger partial charge is 0.0835 e.